The molecule has 1 amide bonds. The number of nitrogens with one attached hydrogen (secondary N) is 2. The third-order valence-corrected chi connectivity index (χ3v) is 8.72. The number of piperazine rings is 1. The van der Waals surface area contributed by atoms with Crippen LogP contribution in [0.25, 0.3) is 22.0 Å². The maximum atomic E-state index is 13.7. The van der Waals surface area contributed by atoms with Crippen molar-refractivity contribution >= 4 is 28.2 Å². The number of hydrogen-bond donors (Lipinski definition) is 2. The second kappa shape index (κ2) is 13.5. The van der Waals surface area contributed by atoms with Crippen molar-refractivity contribution < 1.29 is 9.53 Å². The van der Waals surface area contributed by atoms with Crippen LogP contribution in [0.3, 0.4) is 0 Å². The van der Waals surface area contributed by atoms with E-state index < -0.39 is 0 Å². The summed E-state index contributed by atoms with van der Waals surface area (Å²) in [6, 6.07) is 29.3. The van der Waals surface area contributed by atoms with Crippen LogP contribution in [0.2, 0.25) is 0 Å². The zero-order valence-corrected chi connectivity index (χ0v) is 24.5. The Kier molecular flexibility index (Phi) is 9.09. The van der Waals surface area contributed by atoms with Crippen molar-refractivity contribution in [3.05, 3.63) is 90.5 Å². The van der Waals surface area contributed by atoms with Gasteiger partial charge in [0.25, 0.3) is 0 Å². The highest BCUT2D eigenvalue weighted by atomic mass is 16.5. The molecule has 3 aromatic carbocycles. The molecule has 7 nitrogen and oxygen atoms in total. The van der Waals surface area contributed by atoms with E-state index in [1.54, 1.807) is 7.11 Å². The molecule has 2 fully saturated rings. The summed E-state index contributed by atoms with van der Waals surface area (Å²) < 4.78 is 5.36. The van der Waals surface area contributed by atoms with E-state index in [1.807, 2.05) is 24.3 Å². The second-order valence-corrected chi connectivity index (χ2v) is 11.4. The molecule has 3 heterocycles. The molecule has 7 heteroatoms. The summed E-state index contributed by atoms with van der Waals surface area (Å²) in [6.45, 7) is 7.30. The summed E-state index contributed by atoms with van der Waals surface area (Å²) in [6.07, 6.45) is 1.30. The van der Waals surface area contributed by atoms with Gasteiger partial charge in [-0.25, -0.2) is 4.98 Å². The van der Waals surface area contributed by atoms with Crippen molar-refractivity contribution in [2.75, 3.05) is 69.7 Å². The van der Waals surface area contributed by atoms with Crippen molar-refractivity contribution in [1.82, 2.24) is 15.2 Å². The predicted octanol–water partition coefficient (Wildman–Crippen LogP) is 5.39. The minimum atomic E-state index is 0.0382. The Morgan fingerprint density at radius 2 is 1.62 bits per heavy atom. The van der Waals surface area contributed by atoms with Crippen molar-refractivity contribution in [1.29, 1.82) is 0 Å². The van der Waals surface area contributed by atoms with Crippen molar-refractivity contribution in [3.63, 3.8) is 0 Å². The van der Waals surface area contributed by atoms with Gasteiger partial charge in [0, 0.05) is 81.6 Å². The monoisotopic (exact) mass is 563 g/mol. The molecule has 2 N–H and O–H groups in total. The fraction of sp³-hybridized carbons (Fsp3) is 0.371. The topological polar surface area (TPSA) is 69.7 Å². The summed E-state index contributed by atoms with van der Waals surface area (Å²) in [5.74, 6) is 1.85. The fourth-order valence-corrected chi connectivity index (χ4v) is 6.55. The number of rotatable bonds is 10. The molecular formula is C35H41N5O2. The van der Waals surface area contributed by atoms with E-state index in [0.29, 0.717) is 18.3 Å². The first kappa shape index (κ1) is 28.3. The molecular weight excluding hydrogens is 522 g/mol. The highest BCUT2D eigenvalue weighted by Crippen LogP contribution is 2.39. The molecule has 1 aromatic heterocycles. The number of carbonyl (C=O) groups is 1. The number of amides is 1. The van der Waals surface area contributed by atoms with Gasteiger partial charge in [-0.05, 0) is 17.9 Å². The Labute approximate surface area is 248 Å². The average molecular weight is 564 g/mol. The van der Waals surface area contributed by atoms with E-state index in [-0.39, 0.29) is 5.91 Å². The van der Waals surface area contributed by atoms with Crippen LogP contribution in [-0.2, 0) is 9.53 Å². The minimum absolute atomic E-state index is 0.0382. The summed E-state index contributed by atoms with van der Waals surface area (Å²) >= 11 is 0. The van der Waals surface area contributed by atoms with Gasteiger partial charge in [-0.15, -0.1) is 0 Å². The number of fused-ring (bicyclic) bond motifs is 1. The van der Waals surface area contributed by atoms with Crippen LogP contribution in [0.5, 0.6) is 0 Å². The Balaban J connectivity index is 1.27. The van der Waals surface area contributed by atoms with Crippen LogP contribution < -0.4 is 15.5 Å². The molecule has 0 spiro atoms. The van der Waals surface area contributed by atoms with Gasteiger partial charge in [-0.2, -0.15) is 0 Å². The number of nitrogens with zero attached hydrogens (tertiary/aromatic N) is 3. The summed E-state index contributed by atoms with van der Waals surface area (Å²) in [4.78, 5) is 23.8. The number of ether oxygens (including phenoxy) is 1. The lowest BCUT2D eigenvalue weighted by Crippen LogP contribution is -2.44. The highest BCUT2D eigenvalue weighted by molar-refractivity contribution is 6.10. The predicted molar refractivity (Wildman–Crippen MR) is 171 cm³/mol. The van der Waals surface area contributed by atoms with E-state index in [2.05, 4.69) is 81.1 Å². The molecule has 0 aliphatic carbocycles. The number of anilines is 2. The molecule has 2 aliphatic rings. The molecule has 0 unspecified atom stereocenters. The molecule has 4 aromatic rings. The molecule has 42 heavy (non-hydrogen) atoms. The fourth-order valence-electron chi connectivity index (χ4n) is 6.55. The number of hydrogen-bond acceptors (Lipinski definition) is 6. The first-order valence-electron chi connectivity index (χ1n) is 15.2. The van der Waals surface area contributed by atoms with E-state index in [0.717, 1.165) is 92.4 Å². The van der Waals surface area contributed by atoms with Gasteiger partial charge in [-0.1, -0.05) is 84.9 Å². The highest BCUT2D eigenvalue weighted by Gasteiger charge is 2.33. The summed E-state index contributed by atoms with van der Waals surface area (Å²) in [5.41, 5.74) is 3.98. The van der Waals surface area contributed by atoms with Gasteiger partial charge in [0.15, 0.2) is 0 Å². The molecule has 0 radical (unpaired) electrons. The van der Waals surface area contributed by atoms with E-state index in [1.165, 1.54) is 5.56 Å². The summed E-state index contributed by atoms with van der Waals surface area (Å²) in [7, 11) is 1.76. The largest absolute Gasteiger partial charge is 0.383 e. The maximum absolute atomic E-state index is 13.7. The Morgan fingerprint density at radius 1 is 0.929 bits per heavy atom. The van der Waals surface area contributed by atoms with Crippen LogP contribution in [0.4, 0.5) is 11.5 Å². The molecule has 0 saturated carbocycles. The molecule has 2 aliphatic heterocycles. The van der Waals surface area contributed by atoms with Crippen LogP contribution in [0.15, 0.2) is 84.9 Å². The Morgan fingerprint density at radius 3 is 2.36 bits per heavy atom. The quantitative estimate of drug-likeness (QED) is 0.270. The van der Waals surface area contributed by atoms with Crippen LogP contribution in [-0.4, -0.2) is 75.3 Å². The van der Waals surface area contributed by atoms with E-state index in [9.17, 15) is 4.79 Å². The third-order valence-electron chi connectivity index (χ3n) is 8.72. The van der Waals surface area contributed by atoms with E-state index >= 15 is 0 Å². The smallest absolute Gasteiger partial charge is 0.224 e. The molecule has 218 valence electrons. The first-order chi connectivity index (χ1) is 20.7. The zero-order chi connectivity index (χ0) is 28.7. The second-order valence-electron chi connectivity index (χ2n) is 11.4. The standard InChI is InChI=1S/C35H41N5O2/c1-42-23-22-39-24-28(31(25-39)26-10-4-2-5-11-26)16-17-32(41)37-34-29-14-8-9-15-30(29)35(40-20-18-36-19-21-40)38-33(34)27-12-6-3-7-13-27/h2-15,28,31,36H,16-25H2,1H3,(H,37,41)/t28-,31+/m1/s1. The van der Waals surface area contributed by atoms with Crippen molar-refractivity contribution in [2.24, 2.45) is 5.92 Å². The lowest BCUT2D eigenvalue weighted by Gasteiger charge is -2.30. The van der Waals surface area contributed by atoms with Gasteiger partial charge in [0.1, 0.15) is 5.82 Å². The van der Waals surface area contributed by atoms with Gasteiger partial charge >= 0.3 is 0 Å². The number of likely N-dealkylation sites (tertiary alicyclic amines) is 1. The average Bonchev–Trinajstić information content (AvgIpc) is 3.47. The first-order valence-corrected chi connectivity index (χ1v) is 15.2. The lowest BCUT2D eigenvalue weighted by atomic mass is 9.86. The zero-order valence-electron chi connectivity index (χ0n) is 24.5. The molecule has 2 saturated heterocycles. The van der Waals surface area contributed by atoms with Gasteiger partial charge in [-0.3, -0.25) is 4.79 Å². The summed E-state index contributed by atoms with van der Waals surface area (Å²) in [5, 5.41) is 8.89. The van der Waals surface area contributed by atoms with Crippen LogP contribution >= 0.6 is 0 Å². The number of methoxy groups -OCH3 is 1. The third kappa shape index (κ3) is 6.33. The maximum Gasteiger partial charge on any atom is 0.224 e. The van der Waals surface area contributed by atoms with Gasteiger partial charge < -0.3 is 25.2 Å². The van der Waals surface area contributed by atoms with Gasteiger partial charge in [0.2, 0.25) is 5.91 Å². The minimum Gasteiger partial charge on any atom is -0.383 e. The van der Waals surface area contributed by atoms with Crippen molar-refractivity contribution in [3.8, 4) is 11.3 Å². The molecule has 6 rings (SSSR count). The number of carbonyl (C=O) groups excluding carboxylic acids is 1. The Hall–Kier alpha value is -3.78. The van der Waals surface area contributed by atoms with Crippen LogP contribution in [0.1, 0.15) is 24.3 Å². The lowest BCUT2D eigenvalue weighted by molar-refractivity contribution is -0.116. The van der Waals surface area contributed by atoms with Gasteiger partial charge in [0.05, 0.1) is 18.0 Å². The van der Waals surface area contributed by atoms with E-state index in [4.69, 9.17) is 9.72 Å². The normalized spacial score (nSPS) is 19.3. The number of benzene rings is 3. The SMILES string of the molecule is COCCN1C[C@@H](CCC(=O)Nc2c(-c3ccccc3)nc(N3CCNCC3)c3ccccc23)[C@H](c2ccccc2)C1. The number of pyridine rings is 1. The Bertz CT molecular complexity index is 1470. The van der Waals surface area contributed by atoms with Crippen LogP contribution in [0, 0.1) is 5.92 Å². The molecule has 2 atom stereocenters. The molecule has 0 bridgehead atoms. The number of aromatic nitrogens is 1. The van der Waals surface area contributed by atoms with Crippen molar-refractivity contribution in [2.45, 2.75) is 18.8 Å².